The number of aromatic nitrogens is 1. The molecule has 1 N–H and O–H groups in total. The Balaban J connectivity index is 1.61. The Bertz CT molecular complexity index is 751. The first-order valence-corrected chi connectivity index (χ1v) is 8.45. The van der Waals surface area contributed by atoms with Crippen molar-refractivity contribution in [1.29, 1.82) is 0 Å². The van der Waals surface area contributed by atoms with Crippen molar-refractivity contribution in [2.24, 2.45) is 0 Å². The lowest BCUT2D eigenvalue weighted by Crippen LogP contribution is -2.03. The number of nitro benzene ring substituents is 1. The molecule has 3 aromatic rings. The zero-order chi connectivity index (χ0) is 15.4. The number of nitrogens with zero attached hydrogens (tertiary/aromatic N) is 2. The van der Waals surface area contributed by atoms with Gasteiger partial charge in [-0.3, -0.25) is 10.1 Å². The van der Waals surface area contributed by atoms with Crippen LogP contribution in [0, 0.1) is 10.1 Å². The van der Waals surface area contributed by atoms with Gasteiger partial charge < -0.3 is 5.32 Å². The Hall–Kier alpha value is -2.25. The number of anilines is 1. The molecule has 0 atom stereocenters. The first-order chi connectivity index (χ1) is 10.7. The van der Waals surface area contributed by atoms with Gasteiger partial charge in [0.1, 0.15) is 0 Å². The van der Waals surface area contributed by atoms with Crippen molar-refractivity contribution in [2.75, 3.05) is 11.9 Å². The van der Waals surface area contributed by atoms with Gasteiger partial charge in [0.15, 0.2) is 5.13 Å². The molecule has 0 aliphatic rings. The predicted octanol–water partition coefficient (Wildman–Crippen LogP) is 4.43. The Morgan fingerprint density at radius 1 is 1.18 bits per heavy atom. The number of nitro groups is 1. The predicted molar refractivity (Wildman–Crippen MR) is 90.7 cm³/mol. The number of thiophene rings is 1. The second-order valence-corrected chi connectivity index (χ2v) is 6.49. The topological polar surface area (TPSA) is 68.1 Å². The van der Waals surface area contributed by atoms with Crippen LogP contribution in [0.5, 0.6) is 0 Å². The fraction of sp³-hybridized carbons (Fsp3) is 0.133. The maximum Gasteiger partial charge on any atom is 0.269 e. The minimum atomic E-state index is -0.400. The third-order valence-electron chi connectivity index (χ3n) is 3.11. The highest BCUT2D eigenvalue weighted by atomic mass is 32.1. The van der Waals surface area contributed by atoms with Gasteiger partial charge in [-0.2, -0.15) is 0 Å². The van der Waals surface area contributed by atoms with E-state index >= 15 is 0 Å². The van der Waals surface area contributed by atoms with Crippen LogP contribution in [0.2, 0.25) is 0 Å². The highest BCUT2D eigenvalue weighted by molar-refractivity contribution is 7.14. The lowest BCUT2D eigenvalue weighted by molar-refractivity contribution is -0.384. The van der Waals surface area contributed by atoms with Gasteiger partial charge in [-0.1, -0.05) is 6.07 Å². The van der Waals surface area contributed by atoms with Crippen LogP contribution >= 0.6 is 22.7 Å². The first kappa shape index (κ1) is 14.7. The second kappa shape index (κ2) is 6.67. The summed E-state index contributed by atoms with van der Waals surface area (Å²) in [5.41, 5.74) is 1.81. The molecule has 112 valence electrons. The molecule has 0 bridgehead atoms. The normalized spacial score (nSPS) is 10.5. The van der Waals surface area contributed by atoms with Gasteiger partial charge >= 0.3 is 0 Å². The molecule has 0 spiro atoms. The van der Waals surface area contributed by atoms with Gasteiger partial charge in [0.05, 0.1) is 10.6 Å². The van der Waals surface area contributed by atoms with Crippen molar-refractivity contribution in [3.63, 3.8) is 0 Å². The third kappa shape index (κ3) is 3.49. The van der Waals surface area contributed by atoms with Gasteiger partial charge in [0, 0.05) is 34.5 Å². The molecule has 3 rings (SSSR count). The van der Waals surface area contributed by atoms with Crippen molar-refractivity contribution < 1.29 is 4.92 Å². The van der Waals surface area contributed by atoms with Gasteiger partial charge in [0.2, 0.25) is 0 Å². The molecule has 0 unspecified atom stereocenters. The highest BCUT2D eigenvalue weighted by Gasteiger charge is 2.08. The Morgan fingerprint density at radius 3 is 2.68 bits per heavy atom. The summed E-state index contributed by atoms with van der Waals surface area (Å²) in [5.74, 6) is 0. The molecule has 5 nitrogen and oxygen atoms in total. The summed E-state index contributed by atoms with van der Waals surface area (Å²) in [6.45, 7) is 0.841. The smallest absolute Gasteiger partial charge is 0.269 e. The van der Waals surface area contributed by atoms with Gasteiger partial charge in [-0.25, -0.2) is 4.98 Å². The van der Waals surface area contributed by atoms with Gasteiger partial charge in [-0.15, -0.1) is 22.7 Å². The molecule has 0 aliphatic heterocycles. The van der Waals surface area contributed by atoms with Crippen LogP contribution < -0.4 is 5.32 Å². The van der Waals surface area contributed by atoms with E-state index in [4.69, 9.17) is 0 Å². The molecular weight excluding hydrogens is 318 g/mol. The zero-order valence-corrected chi connectivity index (χ0v) is 13.2. The first-order valence-electron chi connectivity index (χ1n) is 6.69. The molecule has 0 radical (unpaired) electrons. The summed E-state index contributed by atoms with van der Waals surface area (Å²) >= 11 is 3.29. The van der Waals surface area contributed by atoms with Crippen molar-refractivity contribution in [3.05, 3.63) is 62.1 Å². The molecule has 0 amide bonds. The molecule has 0 fully saturated rings. The molecule has 1 aromatic carbocycles. The second-order valence-electron chi connectivity index (χ2n) is 4.60. The number of rotatable bonds is 6. The standard InChI is InChI=1S/C15H13N3O2S2/c19-18(20)12-5-3-11(4-6-12)14-10-22-15(17-14)16-8-7-13-2-1-9-21-13/h1-6,9-10H,7-8H2,(H,16,17). The maximum absolute atomic E-state index is 10.7. The van der Waals surface area contributed by atoms with E-state index in [0.717, 1.165) is 29.4 Å². The van der Waals surface area contributed by atoms with Crippen LogP contribution in [0.25, 0.3) is 11.3 Å². The van der Waals surface area contributed by atoms with Crippen molar-refractivity contribution in [2.45, 2.75) is 6.42 Å². The van der Waals surface area contributed by atoms with Crippen LogP contribution in [0.3, 0.4) is 0 Å². The average Bonchev–Trinajstić information content (AvgIpc) is 3.19. The Kier molecular flexibility index (Phi) is 4.45. The molecule has 0 saturated carbocycles. The SMILES string of the molecule is O=[N+]([O-])c1ccc(-c2csc(NCCc3cccs3)n2)cc1. The van der Waals surface area contributed by atoms with Crippen LogP contribution in [0.15, 0.2) is 47.2 Å². The molecule has 0 aliphatic carbocycles. The number of hydrogen-bond donors (Lipinski definition) is 1. The van der Waals surface area contributed by atoms with E-state index in [0.29, 0.717) is 0 Å². The Morgan fingerprint density at radius 2 is 2.00 bits per heavy atom. The van der Waals surface area contributed by atoms with Gasteiger partial charge in [0.25, 0.3) is 5.69 Å². The lowest BCUT2D eigenvalue weighted by atomic mass is 10.1. The molecule has 22 heavy (non-hydrogen) atoms. The molecule has 7 heteroatoms. The van der Waals surface area contributed by atoms with Crippen molar-refractivity contribution in [3.8, 4) is 11.3 Å². The van der Waals surface area contributed by atoms with Gasteiger partial charge in [-0.05, 0) is 30.0 Å². The fourth-order valence-corrected chi connectivity index (χ4v) is 3.45. The van der Waals surface area contributed by atoms with Crippen LogP contribution in [0.1, 0.15) is 4.88 Å². The monoisotopic (exact) mass is 331 g/mol. The minimum absolute atomic E-state index is 0.0910. The van der Waals surface area contributed by atoms with E-state index in [1.54, 1.807) is 23.5 Å². The summed E-state index contributed by atoms with van der Waals surface area (Å²) in [6.07, 6.45) is 0.976. The van der Waals surface area contributed by atoms with Crippen molar-refractivity contribution >= 4 is 33.5 Å². The Labute approximate surface area is 135 Å². The largest absolute Gasteiger partial charge is 0.361 e. The van der Waals surface area contributed by atoms with E-state index < -0.39 is 4.92 Å². The van der Waals surface area contributed by atoms with Crippen LogP contribution in [-0.2, 0) is 6.42 Å². The summed E-state index contributed by atoms with van der Waals surface area (Å²) in [6, 6.07) is 10.6. The van der Waals surface area contributed by atoms with E-state index in [9.17, 15) is 10.1 Å². The summed E-state index contributed by atoms with van der Waals surface area (Å²) < 4.78 is 0. The van der Waals surface area contributed by atoms with Crippen molar-refractivity contribution in [1.82, 2.24) is 4.98 Å². The number of non-ortho nitro benzene ring substituents is 1. The van der Waals surface area contributed by atoms with Crippen LogP contribution in [-0.4, -0.2) is 16.5 Å². The zero-order valence-electron chi connectivity index (χ0n) is 11.6. The van der Waals surface area contributed by atoms with E-state index in [1.165, 1.54) is 28.3 Å². The molecule has 2 heterocycles. The highest BCUT2D eigenvalue weighted by Crippen LogP contribution is 2.26. The van der Waals surface area contributed by atoms with E-state index in [2.05, 4.69) is 27.8 Å². The fourth-order valence-electron chi connectivity index (χ4n) is 1.99. The number of thiazole rings is 1. The average molecular weight is 331 g/mol. The number of benzene rings is 1. The maximum atomic E-state index is 10.7. The number of nitrogens with one attached hydrogen (secondary N) is 1. The lowest BCUT2D eigenvalue weighted by Gasteiger charge is -2.00. The molecular formula is C15H13N3O2S2. The summed E-state index contributed by atoms with van der Waals surface area (Å²) in [4.78, 5) is 16.1. The molecule has 0 saturated heterocycles. The summed E-state index contributed by atoms with van der Waals surface area (Å²) in [5, 5.41) is 18.9. The minimum Gasteiger partial charge on any atom is -0.361 e. The van der Waals surface area contributed by atoms with Crippen LogP contribution in [0.4, 0.5) is 10.8 Å². The molecule has 2 aromatic heterocycles. The van der Waals surface area contributed by atoms with E-state index in [1.807, 2.05) is 5.38 Å². The van der Waals surface area contributed by atoms with E-state index in [-0.39, 0.29) is 5.69 Å². The number of hydrogen-bond acceptors (Lipinski definition) is 6. The summed E-state index contributed by atoms with van der Waals surface area (Å²) in [7, 11) is 0. The third-order valence-corrected chi connectivity index (χ3v) is 4.84. The quantitative estimate of drug-likeness (QED) is 0.536.